The maximum absolute atomic E-state index is 12.5. The second-order valence-corrected chi connectivity index (χ2v) is 8.40. The van der Waals surface area contributed by atoms with E-state index in [0.717, 1.165) is 18.8 Å². The van der Waals surface area contributed by atoms with E-state index in [-0.39, 0.29) is 23.5 Å². The predicted molar refractivity (Wildman–Crippen MR) is 110 cm³/mol. The third-order valence-corrected chi connectivity index (χ3v) is 5.88. The summed E-state index contributed by atoms with van der Waals surface area (Å²) in [7, 11) is 0. The molecular weight excluding hydrogens is 400 g/mol. The number of aromatic nitrogens is 1. The zero-order chi connectivity index (χ0) is 20.3. The van der Waals surface area contributed by atoms with Gasteiger partial charge in [-0.05, 0) is 32.2 Å². The Morgan fingerprint density at radius 1 is 1.43 bits per heavy atom. The maximum atomic E-state index is 12.5. The van der Waals surface area contributed by atoms with Crippen LogP contribution in [0.5, 0.6) is 0 Å². The van der Waals surface area contributed by atoms with Crippen LogP contribution in [0.15, 0.2) is 28.5 Å². The Balaban J connectivity index is 1.65. The number of ether oxygens (including phenoxy) is 1. The second-order valence-electron chi connectivity index (χ2n) is 6.69. The third kappa shape index (κ3) is 5.07. The fourth-order valence-electron chi connectivity index (χ4n) is 3.22. The Morgan fingerprint density at radius 3 is 2.79 bits per heavy atom. The van der Waals surface area contributed by atoms with Crippen LogP contribution in [0.2, 0.25) is 0 Å². The number of benzene rings is 1. The topological polar surface area (TPSA) is 97.6 Å². The molecule has 10 heteroatoms. The Labute approximate surface area is 171 Å². The molecule has 2 heterocycles. The summed E-state index contributed by atoms with van der Waals surface area (Å²) in [5, 5.41) is 16.3. The molecule has 2 atom stereocenters. The van der Waals surface area contributed by atoms with E-state index >= 15 is 0 Å². The molecule has 2 unspecified atom stereocenters. The van der Waals surface area contributed by atoms with Crippen LogP contribution in [0.3, 0.4) is 0 Å². The smallest absolute Gasteiger partial charge is 0.283 e. The van der Waals surface area contributed by atoms with Crippen molar-refractivity contribution >= 4 is 39.8 Å². The second kappa shape index (κ2) is 8.99. The number of thioether (sulfide) groups is 1. The molecule has 0 radical (unpaired) electrons. The maximum Gasteiger partial charge on any atom is 0.283 e. The minimum absolute atomic E-state index is 0.0736. The van der Waals surface area contributed by atoms with Crippen LogP contribution in [0.1, 0.15) is 29.9 Å². The summed E-state index contributed by atoms with van der Waals surface area (Å²) in [6.07, 6.45) is 2.12. The Hall–Kier alpha value is -2.01. The van der Waals surface area contributed by atoms with Crippen LogP contribution in [0.4, 0.5) is 10.8 Å². The number of hydrogen-bond donors (Lipinski definition) is 1. The highest BCUT2D eigenvalue weighted by Gasteiger charge is 2.23. The Morgan fingerprint density at radius 2 is 2.14 bits per heavy atom. The highest BCUT2D eigenvalue weighted by molar-refractivity contribution is 7.98. The number of anilines is 1. The minimum Gasteiger partial charge on any atom is -0.373 e. The van der Waals surface area contributed by atoms with Crippen LogP contribution in [0.25, 0.3) is 0 Å². The molecule has 28 heavy (non-hydrogen) atoms. The van der Waals surface area contributed by atoms with Crippen molar-refractivity contribution in [3.63, 3.8) is 0 Å². The fraction of sp³-hybridized carbons (Fsp3) is 0.444. The van der Waals surface area contributed by atoms with Gasteiger partial charge < -0.3 is 4.74 Å². The molecule has 1 aromatic carbocycles. The summed E-state index contributed by atoms with van der Waals surface area (Å²) in [4.78, 5) is 30.5. The molecule has 0 spiro atoms. The van der Waals surface area contributed by atoms with E-state index in [2.05, 4.69) is 29.0 Å². The van der Waals surface area contributed by atoms with Gasteiger partial charge >= 0.3 is 0 Å². The zero-order valence-electron chi connectivity index (χ0n) is 15.9. The monoisotopic (exact) mass is 422 g/mol. The fourth-order valence-corrected chi connectivity index (χ4v) is 4.47. The number of hydrogen-bond acceptors (Lipinski definition) is 8. The number of nitrogens with one attached hydrogen (secondary N) is 1. The quantitative estimate of drug-likeness (QED) is 0.431. The molecule has 150 valence electrons. The number of nitro groups is 1. The Kier molecular flexibility index (Phi) is 6.65. The molecule has 0 saturated carbocycles. The first-order valence-electron chi connectivity index (χ1n) is 8.81. The van der Waals surface area contributed by atoms with Crippen molar-refractivity contribution in [1.29, 1.82) is 0 Å². The number of amides is 1. The average molecular weight is 423 g/mol. The summed E-state index contributed by atoms with van der Waals surface area (Å²) in [5.41, 5.74) is 1.04. The first-order valence-corrected chi connectivity index (χ1v) is 10.9. The average Bonchev–Trinajstić information content (AvgIpc) is 3.06. The molecule has 1 aliphatic rings. The largest absolute Gasteiger partial charge is 0.373 e. The SMILES string of the molecule is CSc1ccc(C(=O)Nc2nc(CN3CC(C)OC(C)C3)cs2)cc1[N+](=O)[O-]. The molecule has 1 saturated heterocycles. The van der Waals surface area contributed by atoms with Gasteiger partial charge in [-0.25, -0.2) is 4.98 Å². The lowest BCUT2D eigenvalue weighted by Crippen LogP contribution is -2.44. The van der Waals surface area contributed by atoms with Crippen LogP contribution in [0, 0.1) is 10.1 Å². The van der Waals surface area contributed by atoms with Gasteiger partial charge in [-0.3, -0.25) is 25.1 Å². The number of nitrogens with zero attached hydrogens (tertiary/aromatic N) is 3. The molecular formula is C18H22N4O4S2. The molecule has 1 aliphatic heterocycles. The lowest BCUT2D eigenvalue weighted by molar-refractivity contribution is -0.387. The molecule has 0 bridgehead atoms. The van der Waals surface area contributed by atoms with E-state index in [1.807, 2.05) is 5.38 Å². The summed E-state index contributed by atoms with van der Waals surface area (Å²) >= 11 is 2.61. The summed E-state index contributed by atoms with van der Waals surface area (Å²) < 4.78 is 5.74. The number of thiazole rings is 1. The van der Waals surface area contributed by atoms with Gasteiger partial charge in [0.25, 0.3) is 11.6 Å². The van der Waals surface area contributed by atoms with Gasteiger partial charge in [-0.2, -0.15) is 0 Å². The molecule has 2 aromatic rings. The van der Waals surface area contributed by atoms with Crippen molar-refractivity contribution in [2.24, 2.45) is 0 Å². The predicted octanol–water partition coefficient (Wildman–Crippen LogP) is 3.63. The standard InChI is InChI=1S/C18H22N4O4S2/c1-11-7-21(8-12(2)26-11)9-14-10-28-18(19-14)20-17(23)13-4-5-16(27-3)15(6-13)22(24)25/h4-6,10-12H,7-9H2,1-3H3,(H,19,20,23). The summed E-state index contributed by atoms with van der Waals surface area (Å²) in [5.74, 6) is -0.412. The molecule has 1 N–H and O–H groups in total. The van der Waals surface area contributed by atoms with Gasteiger partial charge in [-0.1, -0.05) is 0 Å². The van der Waals surface area contributed by atoms with Crippen LogP contribution < -0.4 is 5.32 Å². The minimum atomic E-state index is -0.478. The number of morpholine rings is 1. The number of nitro benzene ring substituents is 1. The number of rotatable bonds is 6. The van der Waals surface area contributed by atoms with Crippen LogP contribution in [-0.4, -0.2) is 52.3 Å². The Bertz CT molecular complexity index is 863. The normalized spacial score (nSPS) is 20.1. The summed E-state index contributed by atoms with van der Waals surface area (Å²) in [6.45, 7) is 6.48. The van der Waals surface area contributed by atoms with Gasteiger partial charge in [-0.15, -0.1) is 23.1 Å². The van der Waals surface area contributed by atoms with Crippen molar-refractivity contribution in [3.8, 4) is 0 Å². The first-order chi connectivity index (χ1) is 13.4. The first kappa shape index (κ1) is 20.7. The third-order valence-electron chi connectivity index (χ3n) is 4.29. The van der Waals surface area contributed by atoms with E-state index in [4.69, 9.17) is 4.74 Å². The molecule has 0 aliphatic carbocycles. The number of carbonyl (C=O) groups is 1. The van der Waals surface area contributed by atoms with Gasteiger partial charge in [0.2, 0.25) is 0 Å². The van der Waals surface area contributed by atoms with Gasteiger partial charge in [0.05, 0.1) is 27.7 Å². The zero-order valence-corrected chi connectivity index (χ0v) is 17.5. The van der Waals surface area contributed by atoms with Gasteiger partial charge in [0.1, 0.15) is 0 Å². The summed E-state index contributed by atoms with van der Waals surface area (Å²) in [6, 6.07) is 4.47. The lowest BCUT2D eigenvalue weighted by atomic mass is 10.2. The van der Waals surface area contributed by atoms with Crippen molar-refractivity contribution in [2.75, 3.05) is 24.7 Å². The van der Waals surface area contributed by atoms with Crippen LogP contribution >= 0.6 is 23.1 Å². The highest BCUT2D eigenvalue weighted by atomic mass is 32.2. The van der Waals surface area contributed by atoms with Gasteiger partial charge in [0, 0.05) is 36.6 Å². The van der Waals surface area contributed by atoms with Gasteiger partial charge in [0.15, 0.2) is 5.13 Å². The van der Waals surface area contributed by atoms with Crippen molar-refractivity contribution in [2.45, 2.75) is 37.5 Å². The lowest BCUT2D eigenvalue weighted by Gasteiger charge is -2.34. The number of carbonyl (C=O) groups excluding carboxylic acids is 1. The van der Waals surface area contributed by atoms with E-state index in [0.29, 0.717) is 16.6 Å². The van der Waals surface area contributed by atoms with E-state index in [9.17, 15) is 14.9 Å². The highest BCUT2D eigenvalue weighted by Crippen LogP contribution is 2.29. The molecule has 1 aromatic heterocycles. The van der Waals surface area contributed by atoms with Crippen molar-refractivity contribution in [3.05, 3.63) is 45.0 Å². The van der Waals surface area contributed by atoms with E-state index in [1.54, 1.807) is 18.4 Å². The van der Waals surface area contributed by atoms with Crippen LogP contribution in [-0.2, 0) is 11.3 Å². The van der Waals surface area contributed by atoms with Crippen molar-refractivity contribution < 1.29 is 14.5 Å². The van der Waals surface area contributed by atoms with Crippen molar-refractivity contribution in [1.82, 2.24) is 9.88 Å². The molecule has 3 rings (SSSR count). The van der Waals surface area contributed by atoms with E-state index in [1.165, 1.54) is 29.2 Å². The molecule has 8 nitrogen and oxygen atoms in total. The molecule has 1 amide bonds. The molecule has 1 fully saturated rings. The van der Waals surface area contributed by atoms with E-state index < -0.39 is 10.8 Å².